The zero-order valence-electron chi connectivity index (χ0n) is 15.3. The third kappa shape index (κ3) is 6.57. The van der Waals surface area contributed by atoms with Gasteiger partial charge in [-0.3, -0.25) is 9.59 Å². The summed E-state index contributed by atoms with van der Waals surface area (Å²) in [7, 11) is 0. The van der Waals surface area contributed by atoms with E-state index in [-0.39, 0.29) is 17.9 Å². The van der Waals surface area contributed by atoms with E-state index in [1.807, 2.05) is 31.2 Å². The molecule has 2 aromatic carbocycles. The minimum Gasteiger partial charge on any atom is -0.377 e. The molecule has 0 spiro atoms. The van der Waals surface area contributed by atoms with Crippen LogP contribution >= 0.6 is 0 Å². The van der Waals surface area contributed by atoms with Gasteiger partial charge in [-0.2, -0.15) is 5.26 Å². The van der Waals surface area contributed by atoms with Crippen molar-refractivity contribution in [2.75, 3.05) is 19.7 Å². The van der Waals surface area contributed by atoms with Crippen molar-refractivity contribution < 1.29 is 14.3 Å². The van der Waals surface area contributed by atoms with Gasteiger partial charge < -0.3 is 15.4 Å². The Bertz CT molecular complexity index is 800. The fourth-order valence-corrected chi connectivity index (χ4v) is 2.56. The molecule has 27 heavy (non-hydrogen) atoms. The van der Waals surface area contributed by atoms with Crippen molar-refractivity contribution in [3.8, 4) is 6.07 Å². The smallest absolute Gasteiger partial charge is 0.251 e. The lowest BCUT2D eigenvalue weighted by Gasteiger charge is -2.18. The Labute approximate surface area is 159 Å². The van der Waals surface area contributed by atoms with Crippen LogP contribution in [-0.4, -0.2) is 37.6 Å². The van der Waals surface area contributed by atoms with Crippen LogP contribution < -0.4 is 10.6 Å². The van der Waals surface area contributed by atoms with Gasteiger partial charge in [0.25, 0.3) is 11.8 Å². The number of amides is 2. The average molecular weight is 365 g/mol. The summed E-state index contributed by atoms with van der Waals surface area (Å²) in [4.78, 5) is 24.3. The van der Waals surface area contributed by atoms with Gasteiger partial charge >= 0.3 is 0 Å². The highest BCUT2D eigenvalue weighted by Crippen LogP contribution is 2.05. The van der Waals surface area contributed by atoms with Crippen molar-refractivity contribution >= 4 is 11.8 Å². The van der Waals surface area contributed by atoms with E-state index in [0.717, 1.165) is 0 Å². The largest absolute Gasteiger partial charge is 0.377 e. The standard InChI is InChI=1S/C21H23N3O3/c1-2-27-19(11-12-23-20(25)17-8-4-3-5-9-17)15-24-21(26)18-10-6-7-16(13-18)14-22/h3-10,13,19H,2,11-12,15H2,1H3,(H,23,25)(H,24,26). The van der Waals surface area contributed by atoms with Crippen LogP contribution in [-0.2, 0) is 4.74 Å². The number of benzene rings is 2. The second-order valence-corrected chi connectivity index (χ2v) is 5.89. The van der Waals surface area contributed by atoms with Crippen molar-refractivity contribution in [2.45, 2.75) is 19.4 Å². The number of hydrogen-bond donors (Lipinski definition) is 2. The van der Waals surface area contributed by atoms with Gasteiger partial charge in [0, 0.05) is 30.8 Å². The van der Waals surface area contributed by atoms with Gasteiger partial charge in [0.05, 0.1) is 17.7 Å². The lowest BCUT2D eigenvalue weighted by atomic mass is 10.1. The molecule has 0 saturated heterocycles. The second-order valence-electron chi connectivity index (χ2n) is 5.89. The first-order valence-corrected chi connectivity index (χ1v) is 8.87. The van der Waals surface area contributed by atoms with Gasteiger partial charge in [-0.1, -0.05) is 24.3 Å². The van der Waals surface area contributed by atoms with E-state index in [0.29, 0.717) is 42.8 Å². The number of hydrogen-bond acceptors (Lipinski definition) is 4. The summed E-state index contributed by atoms with van der Waals surface area (Å²) in [5.74, 6) is -0.395. The molecule has 2 N–H and O–H groups in total. The number of carbonyl (C=O) groups is 2. The van der Waals surface area contributed by atoms with Crippen LogP contribution in [0.15, 0.2) is 54.6 Å². The Hall–Kier alpha value is -3.17. The van der Waals surface area contributed by atoms with E-state index in [2.05, 4.69) is 10.6 Å². The minimum absolute atomic E-state index is 0.136. The lowest BCUT2D eigenvalue weighted by Crippen LogP contribution is -2.36. The zero-order valence-corrected chi connectivity index (χ0v) is 15.3. The molecule has 0 radical (unpaired) electrons. The zero-order chi connectivity index (χ0) is 19.5. The summed E-state index contributed by atoms with van der Waals surface area (Å²) in [6.45, 7) is 3.16. The van der Waals surface area contributed by atoms with E-state index < -0.39 is 0 Å². The molecule has 6 heteroatoms. The fraction of sp³-hybridized carbons (Fsp3) is 0.286. The third-order valence-corrected chi connectivity index (χ3v) is 3.93. The Morgan fingerprint density at radius 1 is 1.04 bits per heavy atom. The molecule has 0 aliphatic heterocycles. The van der Waals surface area contributed by atoms with Crippen molar-refractivity contribution in [1.82, 2.24) is 10.6 Å². The first-order valence-electron chi connectivity index (χ1n) is 8.87. The van der Waals surface area contributed by atoms with Gasteiger partial charge in [0.15, 0.2) is 0 Å². The predicted octanol–water partition coefficient (Wildman–Crippen LogP) is 2.51. The molecule has 6 nitrogen and oxygen atoms in total. The second kappa shape index (κ2) is 10.7. The molecule has 0 aliphatic rings. The van der Waals surface area contributed by atoms with Crippen LogP contribution in [0.4, 0.5) is 0 Å². The van der Waals surface area contributed by atoms with Crippen molar-refractivity contribution in [2.24, 2.45) is 0 Å². The quantitative estimate of drug-likeness (QED) is 0.714. The van der Waals surface area contributed by atoms with E-state index in [1.54, 1.807) is 36.4 Å². The minimum atomic E-state index is -0.259. The number of nitriles is 1. The molecular weight excluding hydrogens is 342 g/mol. The molecule has 2 aromatic rings. The fourth-order valence-electron chi connectivity index (χ4n) is 2.56. The molecule has 140 valence electrons. The lowest BCUT2D eigenvalue weighted by molar-refractivity contribution is 0.0534. The molecule has 1 atom stereocenters. The summed E-state index contributed by atoms with van der Waals surface area (Å²) in [6.07, 6.45) is 0.361. The number of rotatable bonds is 9. The first kappa shape index (κ1) is 20.1. The van der Waals surface area contributed by atoms with Crippen LogP contribution in [0.1, 0.15) is 39.6 Å². The van der Waals surface area contributed by atoms with Gasteiger partial charge in [0.2, 0.25) is 0 Å². The highest BCUT2D eigenvalue weighted by Gasteiger charge is 2.13. The molecule has 0 aromatic heterocycles. The summed E-state index contributed by atoms with van der Waals surface area (Å²) in [6, 6.07) is 17.5. The number of ether oxygens (including phenoxy) is 1. The average Bonchev–Trinajstić information content (AvgIpc) is 2.72. The number of nitrogens with zero attached hydrogens (tertiary/aromatic N) is 1. The highest BCUT2D eigenvalue weighted by atomic mass is 16.5. The van der Waals surface area contributed by atoms with Crippen molar-refractivity contribution in [3.63, 3.8) is 0 Å². The van der Waals surface area contributed by atoms with Gasteiger partial charge in [0.1, 0.15) is 0 Å². The predicted molar refractivity (Wildman–Crippen MR) is 102 cm³/mol. The van der Waals surface area contributed by atoms with Gasteiger partial charge in [-0.05, 0) is 43.7 Å². The first-order chi connectivity index (χ1) is 13.1. The maximum absolute atomic E-state index is 12.2. The summed E-state index contributed by atoms with van der Waals surface area (Å²) in [5, 5.41) is 14.6. The highest BCUT2D eigenvalue weighted by molar-refractivity contribution is 5.94. The SMILES string of the molecule is CCOC(CCNC(=O)c1ccccc1)CNC(=O)c1cccc(C#N)c1. The molecular formula is C21H23N3O3. The molecule has 1 unspecified atom stereocenters. The van der Waals surface area contributed by atoms with E-state index in [9.17, 15) is 9.59 Å². The van der Waals surface area contributed by atoms with E-state index >= 15 is 0 Å². The molecule has 0 heterocycles. The van der Waals surface area contributed by atoms with Gasteiger partial charge in [-0.25, -0.2) is 0 Å². The Morgan fingerprint density at radius 3 is 2.44 bits per heavy atom. The summed E-state index contributed by atoms with van der Waals surface area (Å²) in [5.41, 5.74) is 1.48. The summed E-state index contributed by atoms with van der Waals surface area (Å²) < 4.78 is 5.64. The van der Waals surface area contributed by atoms with Crippen molar-refractivity contribution in [3.05, 3.63) is 71.3 Å². The molecule has 0 fully saturated rings. The molecule has 0 bridgehead atoms. The molecule has 0 saturated carbocycles. The summed E-state index contributed by atoms with van der Waals surface area (Å²) >= 11 is 0. The van der Waals surface area contributed by atoms with Crippen LogP contribution in [0, 0.1) is 11.3 Å². The van der Waals surface area contributed by atoms with Gasteiger partial charge in [-0.15, -0.1) is 0 Å². The molecule has 0 aliphatic carbocycles. The van der Waals surface area contributed by atoms with Crippen LogP contribution in [0.3, 0.4) is 0 Å². The van der Waals surface area contributed by atoms with Crippen LogP contribution in [0.2, 0.25) is 0 Å². The normalized spacial score (nSPS) is 11.3. The number of nitrogens with one attached hydrogen (secondary N) is 2. The maximum atomic E-state index is 12.2. The Balaban J connectivity index is 1.81. The monoisotopic (exact) mass is 365 g/mol. The van der Waals surface area contributed by atoms with E-state index in [4.69, 9.17) is 10.00 Å². The molecule has 2 rings (SSSR count). The van der Waals surface area contributed by atoms with E-state index in [1.165, 1.54) is 0 Å². The van der Waals surface area contributed by atoms with Crippen LogP contribution in [0.25, 0.3) is 0 Å². The topological polar surface area (TPSA) is 91.2 Å². The maximum Gasteiger partial charge on any atom is 0.251 e. The molecule has 2 amide bonds. The van der Waals surface area contributed by atoms with Crippen molar-refractivity contribution in [1.29, 1.82) is 5.26 Å². The Morgan fingerprint density at radius 2 is 1.74 bits per heavy atom. The number of carbonyl (C=O) groups excluding carboxylic acids is 2. The Kier molecular flexibility index (Phi) is 8.01. The van der Waals surface area contributed by atoms with Crippen LogP contribution in [0.5, 0.6) is 0 Å². The third-order valence-electron chi connectivity index (χ3n) is 3.93.